The van der Waals surface area contributed by atoms with Gasteiger partial charge in [-0.2, -0.15) is 0 Å². The van der Waals surface area contributed by atoms with E-state index >= 15 is 0 Å². The van der Waals surface area contributed by atoms with Gasteiger partial charge in [-0.25, -0.2) is 0 Å². The number of halogens is 2. The molecule has 5 heteroatoms. The van der Waals surface area contributed by atoms with Crippen LogP contribution in [-0.4, -0.2) is 29.1 Å². The molecule has 0 bridgehead atoms. The highest BCUT2D eigenvalue weighted by Gasteiger charge is 2.25. The van der Waals surface area contributed by atoms with Crippen LogP contribution in [0.25, 0.3) is 0 Å². The minimum Gasteiger partial charge on any atom is -0.481 e. The van der Waals surface area contributed by atoms with Gasteiger partial charge >= 0.3 is 5.97 Å². The van der Waals surface area contributed by atoms with Crippen LogP contribution in [0.1, 0.15) is 18.4 Å². The molecule has 1 aliphatic rings. The Labute approximate surface area is 120 Å². The van der Waals surface area contributed by atoms with Crippen molar-refractivity contribution in [2.45, 2.75) is 19.4 Å². The Hall–Kier alpha value is -0.580. The highest BCUT2D eigenvalue weighted by atomic mass is 79.9. The summed E-state index contributed by atoms with van der Waals surface area (Å²) < 4.78 is 1.02. The van der Waals surface area contributed by atoms with E-state index in [-0.39, 0.29) is 5.92 Å². The number of nitrogens with zero attached hydrogens (tertiary/aromatic N) is 1. The molecule has 1 saturated heterocycles. The quantitative estimate of drug-likeness (QED) is 0.922. The predicted molar refractivity (Wildman–Crippen MR) is 74.8 cm³/mol. The topological polar surface area (TPSA) is 40.5 Å². The largest absolute Gasteiger partial charge is 0.481 e. The summed E-state index contributed by atoms with van der Waals surface area (Å²) in [5.74, 6) is -0.929. The number of benzene rings is 1. The molecule has 1 unspecified atom stereocenters. The first kappa shape index (κ1) is 13.8. The normalized spacial score (nSPS) is 20.9. The van der Waals surface area contributed by atoms with E-state index in [9.17, 15) is 4.79 Å². The third kappa shape index (κ3) is 3.46. The second kappa shape index (κ2) is 6.04. The smallest absolute Gasteiger partial charge is 0.307 e. The molecule has 18 heavy (non-hydrogen) atoms. The van der Waals surface area contributed by atoms with Crippen LogP contribution >= 0.6 is 27.5 Å². The molecular weight excluding hydrogens is 318 g/mol. The van der Waals surface area contributed by atoms with Crippen LogP contribution in [0.3, 0.4) is 0 Å². The summed E-state index contributed by atoms with van der Waals surface area (Å²) in [5, 5.41) is 9.77. The van der Waals surface area contributed by atoms with Gasteiger partial charge in [0, 0.05) is 22.6 Å². The molecule has 0 spiro atoms. The van der Waals surface area contributed by atoms with Crippen LogP contribution in [-0.2, 0) is 11.3 Å². The van der Waals surface area contributed by atoms with Gasteiger partial charge in [0.2, 0.25) is 0 Å². The number of hydrogen-bond donors (Lipinski definition) is 1. The lowest BCUT2D eigenvalue weighted by Crippen LogP contribution is -2.38. The van der Waals surface area contributed by atoms with Crippen LogP contribution in [0.4, 0.5) is 0 Å². The van der Waals surface area contributed by atoms with E-state index in [0.717, 1.165) is 36.0 Å². The maximum Gasteiger partial charge on any atom is 0.307 e. The Morgan fingerprint density at radius 2 is 2.33 bits per heavy atom. The minimum absolute atomic E-state index is 0.239. The van der Waals surface area contributed by atoms with Gasteiger partial charge in [0.15, 0.2) is 0 Å². The lowest BCUT2D eigenvalue weighted by atomic mass is 9.98. The molecule has 2 rings (SSSR count). The Kier molecular flexibility index (Phi) is 4.65. The fourth-order valence-corrected chi connectivity index (χ4v) is 2.87. The van der Waals surface area contributed by atoms with Crippen LogP contribution in [0.15, 0.2) is 22.7 Å². The molecule has 1 atom stereocenters. The number of aliphatic carboxylic acids is 1. The highest BCUT2D eigenvalue weighted by Crippen LogP contribution is 2.25. The molecule has 3 nitrogen and oxygen atoms in total. The molecule has 98 valence electrons. The number of carboxylic acids is 1. The van der Waals surface area contributed by atoms with Crippen molar-refractivity contribution in [2.75, 3.05) is 13.1 Å². The van der Waals surface area contributed by atoms with Crippen LogP contribution in [0, 0.1) is 5.92 Å². The van der Waals surface area contributed by atoms with Crippen molar-refractivity contribution in [2.24, 2.45) is 5.92 Å². The summed E-state index contributed by atoms with van der Waals surface area (Å²) in [5.41, 5.74) is 1.11. The van der Waals surface area contributed by atoms with Gasteiger partial charge in [-0.1, -0.05) is 27.5 Å². The molecule has 1 aliphatic heterocycles. The van der Waals surface area contributed by atoms with Crippen LogP contribution in [0.2, 0.25) is 5.02 Å². The van der Waals surface area contributed by atoms with E-state index in [1.807, 2.05) is 18.2 Å². The number of rotatable bonds is 3. The van der Waals surface area contributed by atoms with Crippen molar-refractivity contribution in [3.05, 3.63) is 33.3 Å². The Bertz CT molecular complexity index is 453. The zero-order valence-electron chi connectivity index (χ0n) is 9.90. The summed E-state index contributed by atoms with van der Waals surface area (Å²) >= 11 is 9.48. The van der Waals surface area contributed by atoms with Gasteiger partial charge in [0.05, 0.1) is 5.92 Å². The van der Waals surface area contributed by atoms with Crippen molar-refractivity contribution in [3.8, 4) is 0 Å². The van der Waals surface area contributed by atoms with Crippen LogP contribution < -0.4 is 0 Å². The highest BCUT2D eigenvalue weighted by molar-refractivity contribution is 9.10. The molecule has 1 aromatic rings. The van der Waals surface area contributed by atoms with Crippen molar-refractivity contribution < 1.29 is 9.90 Å². The minimum atomic E-state index is -0.690. The number of carboxylic acid groups (broad SMARTS) is 1. The zero-order chi connectivity index (χ0) is 13.1. The molecule has 0 aromatic heterocycles. The van der Waals surface area contributed by atoms with E-state index in [1.165, 1.54) is 0 Å². The van der Waals surface area contributed by atoms with Crippen LogP contribution in [0.5, 0.6) is 0 Å². The van der Waals surface area contributed by atoms with Crippen molar-refractivity contribution in [1.29, 1.82) is 0 Å². The number of carbonyl (C=O) groups is 1. The molecule has 0 radical (unpaired) electrons. The third-order valence-corrected chi connectivity index (χ3v) is 4.27. The molecule has 1 fully saturated rings. The maximum atomic E-state index is 11.0. The lowest BCUT2D eigenvalue weighted by molar-refractivity contribution is -0.143. The molecule has 1 aromatic carbocycles. The fourth-order valence-electron chi connectivity index (χ4n) is 2.31. The number of piperidine rings is 1. The standard InChI is InChI=1S/C13H15BrClNO2/c14-12-4-3-11(15)6-10(12)8-16-5-1-2-9(7-16)13(17)18/h3-4,6,9H,1-2,5,7-8H2,(H,17,18). The summed E-state index contributed by atoms with van der Waals surface area (Å²) in [7, 11) is 0. The summed E-state index contributed by atoms with van der Waals surface area (Å²) in [6, 6.07) is 5.69. The second-order valence-electron chi connectivity index (χ2n) is 4.65. The molecule has 1 N–H and O–H groups in total. The van der Waals surface area contributed by atoms with Gasteiger partial charge < -0.3 is 5.11 Å². The average molecular weight is 333 g/mol. The van der Waals surface area contributed by atoms with E-state index in [0.29, 0.717) is 11.6 Å². The van der Waals surface area contributed by atoms with Crippen molar-refractivity contribution in [1.82, 2.24) is 4.90 Å². The molecule has 1 heterocycles. The number of hydrogen-bond acceptors (Lipinski definition) is 2. The molecule has 0 aliphatic carbocycles. The first-order valence-electron chi connectivity index (χ1n) is 5.95. The first-order chi connectivity index (χ1) is 8.56. The Morgan fingerprint density at radius 3 is 3.06 bits per heavy atom. The van der Waals surface area contributed by atoms with E-state index in [2.05, 4.69) is 20.8 Å². The monoisotopic (exact) mass is 331 g/mol. The SMILES string of the molecule is O=C(O)C1CCCN(Cc2cc(Cl)ccc2Br)C1. The van der Waals surface area contributed by atoms with E-state index in [4.69, 9.17) is 16.7 Å². The molecule has 0 amide bonds. The first-order valence-corrected chi connectivity index (χ1v) is 7.12. The third-order valence-electron chi connectivity index (χ3n) is 3.26. The van der Waals surface area contributed by atoms with Gasteiger partial charge in [-0.15, -0.1) is 0 Å². The summed E-state index contributed by atoms with van der Waals surface area (Å²) in [6.45, 7) is 2.31. The summed E-state index contributed by atoms with van der Waals surface area (Å²) in [6.07, 6.45) is 1.72. The number of likely N-dealkylation sites (tertiary alicyclic amines) is 1. The zero-order valence-corrected chi connectivity index (χ0v) is 12.2. The lowest BCUT2D eigenvalue weighted by Gasteiger charge is -2.30. The Morgan fingerprint density at radius 1 is 1.56 bits per heavy atom. The molecule has 0 saturated carbocycles. The van der Waals surface area contributed by atoms with Crippen molar-refractivity contribution >= 4 is 33.5 Å². The Balaban J connectivity index is 2.04. The fraction of sp³-hybridized carbons (Fsp3) is 0.462. The second-order valence-corrected chi connectivity index (χ2v) is 5.94. The van der Waals surface area contributed by atoms with Gasteiger partial charge in [0.1, 0.15) is 0 Å². The van der Waals surface area contributed by atoms with Gasteiger partial charge in [-0.05, 0) is 43.1 Å². The average Bonchev–Trinajstić information content (AvgIpc) is 2.34. The maximum absolute atomic E-state index is 11.0. The summed E-state index contributed by atoms with van der Waals surface area (Å²) in [4.78, 5) is 13.2. The van der Waals surface area contributed by atoms with E-state index < -0.39 is 5.97 Å². The van der Waals surface area contributed by atoms with Gasteiger partial charge in [0.25, 0.3) is 0 Å². The van der Waals surface area contributed by atoms with Crippen molar-refractivity contribution in [3.63, 3.8) is 0 Å². The predicted octanol–water partition coefficient (Wildman–Crippen LogP) is 3.40. The van der Waals surface area contributed by atoms with Gasteiger partial charge in [-0.3, -0.25) is 9.69 Å². The molecular formula is C13H15BrClNO2. The van der Waals surface area contributed by atoms with E-state index in [1.54, 1.807) is 0 Å².